The molecule has 0 unspecified atom stereocenters. The quantitative estimate of drug-likeness (QED) is 0.199. The van der Waals surface area contributed by atoms with E-state index in [1.165, 1.54) is 43.6 Å². The SMILES string of the molecule is c1ccc(N(c2ccccc2)c2ccc3c(c2)c2cc(-n4c5ccccc5c5ccccc54)ccc2n3-c2ccccc2)cc1. The second-order valence-corrected chi connectivity index (χ2v) is 11.5. The van der Waals surface area contributed by atoms with Gasteiger partial charge in [-0.3, -0.25) is 0 Å². The van der Waals surface area contributed by atoms with Gasteiger partial charge in [0.1, 0.15) is 0 Å². The number of para-hydroxylation sites is 5. The van der Waals surface area contributed by atoms with Crippen molar-refractivity contribution in [3.05, 3.63) is 176 Å². The second kappa shape index (κ2) is 10.3. The summed E-state index contributed by atoms with van der Waals surface area (Å²) in [4.78, 5) is 2.34. The Morgan fingerprint density at radius 3 is 1.33 bits per heavy atom. The Morgan fingerprint density at radius 2 is 0.733 bits per heavy atom. The maximum absolute atomic E-state index is 2.40. The van der Waals surface area contributed by atoms with Crippen molar-refractivity contribution in [2.45, 2.75) is 0 Å². The molecule has 212 valence electrons. The molecule has 0 spiro atoms. The molecule has 7 aromatic carbocycles. The minimum Gasteiger partial charge on any atom is -0.310 e. The normalized spacial score (nSPS) is 11.6. The summed E-state index contributed by atoms with van der Waals surface area (Å²) < 4.78 is 4.79. The van der Waals surface area contributed by atoms with Gasteiger partial charge in [-0.05, 0) is 84.9 Å². The minimum atomic E-state index is 1.12. The van der Waals surface area contributed by atoms with E-state index < -0.39 is 0 Å². The number of hydrogen-bond acceptors (Lipinski definition) is 1. The first-order valence-electron chi connectivity index (χ1n) is 15.4. The van der Waals surface area contributed by atoms with Gasteiger partial charge in [0.05, 0.1) is 22.1 Å². The van der Waals surface area contributed by atoms with E-state index in [1.54, 1.807) is 0 Å². The molecule has 0 saturated carbocycles. The van der Waals surface area contributed by atoms with Crippen LogP contribution in [0.1, 0.15) is 0 Å². The zero-order valence-corrected chi connectivity index (χ0v) is 24.6. The molecular formula is C42H29N3. The van der Waals surface area contributed by atoms with E-state index in [1.807, 2.05) is 0 Å². The number of hydrogen-bond donors (Lipinski definition) is 0. The van der Waals surface area contributed by atoms with E-state index in [0.717, 1.165) is 28.4 Å². The molecule has 3 nitrogen and oxygen atoms in total. The molecule has 0 aliphatic carbocycles. The Kier molecular flexibility index (Phi) is 5.82. The van der Waals surface area contributed by atoms with Crippen LogP contribution in [-0.4, -0.2) is 9.13 Å². The number of fused-ring (bicyclic) bond motifs is 6. The smallest absolute Gasteiger partial charge is 0.0542 e. The van der Waals surface area contributed by atoms with E-state index >= 15 is 0 Å². The van der Waals surface area contributed by atoms with Gasteiger partial charge in [-0.2, -0.15) is 0 Å². The number of anilines is 3. The first-order chi connectivity index (χ1) is 22.3. The van der Waals surface area contributed by atoms with E-state index in [4.69, 9.17) is 0 Å². The standard InChI is InChI=1S/C42H29N3/c1-4-14-30(15-5-1)43(31-16-6-2-7-17-31)33-24-26-41-37(28-33)38-29-34(25-27-42(38)44(41)32-18-8-3-9-19-32)45-39-22-12-10-20-35(39)36-21-11-13-23-40(36)45/h1-29H. The molecule has 3 heteroatoms. The van der Waals surface area contributed by atoms with Crippen molar-refractivity contribution in [2.75, 3.05) is 4.90 Å². The summed E-state index contributed by atoms with van der Waals surface area (Å²) in [7, 11) is 0. The van der Waals surface area contributed by atoms with Crippen molar-refractivity contribution in [2.24, 2.45) is 0 Å². The molecule has 0 fully saturated rings. The summed E-state index contributed by atoms with van der Waals surface area (Å²) in [5.74, 6) is 0. The Hall–Kier alpha value is -6.06. The zero-order chi connectivity index (χ0) is 29.7. The molecular weight excluding hydrogens is 546 g/mol. The maximum Gasteiger partial charge on any atom is 0.0542 e. The van der Waals surface area contributed by atoms with Gasteiger partial charge in [-0.15, -0.1) is 0 Å². The Balaban J connectivity index is 1.34. The number of rotatable bonds is 5. The van der Waals surface area contributed by atoms with Crippen molar-refractivity contribution in [1.82, 2.24) is 9.13 Å². The molecule has 0 aliphatic heterocycles. The van der Waals surface area contributed by atoms with Gasteiger partial charge < -0.3 is 14.0 Å². The van der Waals surface area contributed by atoms with E-state index in [9.17, 15) is 0 Å². The van der Waals surface area contributed by atoms with Gasteiger partial charge in [0, 0.05) is 50.0 Å². The monoisotopic (exact) mass is 575 g/mol. The molecule has 2 aromatic heterocycles. The van der Waals surface area contributed by atoms with Crippen molar-refractivity contribution in [3.8, 4) is 11.4 Å². The summed E-state index contributed by atoms with van der Waals surface area (Å²) in [5, 5.41) is 4.97. The fourth-order valence-electron chi connectivity index (χ4n) is 6.93. The van der Waals surface area contributed by atoms with E-state index in [-0.39, 0.29) is 0 Å². The summed E-state index contributed by atoms with van der Waals surface area (Å²) in [6, 6.07) is 63.1. The zero-order valence-electron chi connectivity index (χ0n) is 24.6. The van der Waals surface area contributed by atoms with Gasteiger partial charge in [-0.1, -0.05) is 91.0 Å². The molecule has 2 heterocycles. The van der Waals surface area contributed by atoms with Crippen molar-refractivity contribution < 1.29 is 0 Å². The average molecular weight is 576 g/mol. The number of benzene rings is 7. The Morgan fingerprint density at radius 1 is 0.289 bits per heavy atom. The molecule has 0 bridgehead atoms. The second-order valence-electron chi connectivity index (χ2n) is 11.5. The van der Waals surface area contributed by atoms with Gasteiger partial charge in [0.15, 0.2) is 0 Å². The van der Waals surface area contributed by atoms with Crippen LogP contribution in [0.5, 0.6) is 0 Å². The molecule has 9 aromatic rings. The topological polar surface area (TPSA) is 13.1 Å². The van der Waals surface area contributed by atoms with Gasteiger partial charge >= 0.3 is 0 Å². The number of nitrogens with zero attached hydrogens (tertiary/aromatic N) is 3. The van der Waals surface area contributed by atoms with Gasteiger partial charge in [0.2, 0.25) is 0 Å². The third-order valence-corrected chi connectivity index (χ3v) is 8.87. The van der Waals surface area contributed by atoms with Crippen LogP contribution in [0, 0.1) is 0 Å². The predicted molar refractivity (Wildman–Crippen MR) is 190 cm³/mol. The van der Waals surface area contributed by atoms with Crippen LogP contribution < -0.4 is 4.90 Å². The first-order valence-corrected chi connectivity index (χ1v) is 15.4. The minimum absolute atomic E-state index is 1.12. The number of aromatic nitrogens is 2. The van der Waals surface area contributed by atoms with Crippen LogP contribution in [0.2, 0.25) is 0 Å². The lowest BCUT2D eigenvalue weighted by molar-refractivity contribution is 1.16. The highest BCUT2D eigenvalue weighted by molar-refractivity contribution is 6.13. The van der Waals surface area contributed by atoms with Gasteiger partial charge in [0.25, 0.3) is 0 Å². The van der Waals surface area contributed by atoms with Crippen LogP contribution in [-0.2, 0) is 0 Å². The summed E-state index contributed by atoms with van der Waals surface area (Å²) in [5.41, 5.74) is 10.5. The molecule has 0 aliphatic rings. The largest absolute Gasteiger partial charge is 0.310 e. The lowest BCUT2D eigenvalue weighted by atomic mass is 10.1. The van der Waals surface area contributed by atoms with Crippen LogP contribution in [0.3, 0.4) is 0 Å². The summed E-state index contributed by atoms with van der Waals surface area (Å²) in [6.07, 6.45) is 0. The van der Waals surface area contributed by atoms with Crippen molar-refractivity contribution in [3.63, 3.8) is 0 Å². The van der Waals surface area contributed by atoms with Crippen LogP contribution in [0.4, 0.5) is 17.1 Å². The highest BCUT2D eigenvalue weighted by Crippen LogP contribution is 2.41. The van der Waals surface area contributed by atoms with Crippen LogP contribution in [0.15, 0.2) is 176 Å². The van der Waals surface area contributed by atoms with Crippen molar-refractivity contribution in [1.29, 1.82) is 0 Å². The molecule has 0 radical (unpaired) electrons. The summed E-state index contributed by atoms with van der Waals surface area (Å²) >= 11 is 0. The van der Waals surface area contributed by atoms with Gasteiger partial charge in [-0.25, -0.2) is 0 Å². The molecule has 9 rings (SSSR count). The first kappa shape index (κ1) is 25.4. The predicted octanol–water partition coefficient (Wildman–Crippen LogP) is 11.4. The third kappa shape index (κ3) is 4.05. The Bertz CT molecular complexity index is 2380. The molecule has 0 atom stereocenters. The fraction of sp³-hybridized carbons (Fsp3) is 0. The van der Waals surface area contributed by atoms with E-state index in [2.05, 4.69) is 190 Å². The average Bonchev–Trinajstić information content (AvgIpc) is 3.62. The highest BCUT2D eigenvalue weighted by Gasteiger charge is 2.19. The van der Waals surface area contributed by atoms with E-state index in [0.29, 0.717) is 0 Å². The summed E-state index contributed by atoms with van der Waals surface area (Å²) in [6.45, 7) is 0. The molecule has 0 saturated heterocycles. The maximum atomic E-state index is 2.40. The fourth-order valence-corrected chi connectivity index (χ4v) is 6.93. The van der Waals surface area contributed by atoms with Crippen molar-refractivity contribution >= 4 is 60.7 Å². The highest BCUT2D eigenvalue weighted by atomic mass is 15.1. The third-order valence-electron chi connectivity index (χ3n) is 8.87. The van der Waals surface area contributed by atoms with Crippen LogP contribution >= 0.6 is 0 Å². The Labute approximate surface area is 261 Å². The molecule has 0 amide bonds. The van der Waals surface area contributed by atoms with Crippen LogP contribution in [0.25, 0.3) is 55.0 Å². The molecule has 45 heavy (non-hydrogen) atoms. The lowest BCUT2D eigenvalue weighted by Crippen LogP contribution is -2.09. The lowest BCUT2D eigenvalue weighted by Gasteiger charge is -2.25. The molecule has 0 N–H and O–H groups in total.